The third kappa shape index (κ3) is 2.24. The smallest absolute Gasteiger partial charge is 0.243 e. The molecule has 1 rings (SSSR count). The third-order valence-electron chi connectivity index (χ3n) is 4.30. The molecule has 1 heterocycles. The normalized spacial score (nSPS) is 27.9. The van der Waals surface area contributed by atoms with Crippen LogP contribution in [0.2, 0.25) is 0 Å². The van der Waals surface area contributed by atoms with Gasteiger partial charge in [-0.3, -0.25) is 10.1 Å². The van der Waals surface area contributed by atoms with Crippen molar-refractivity contribution in [2.45, 2.75) is 65.5 Å². The zero-order valence-corrected chi connectivity index (χ0v) is 11.3. The molecule has 0 spiro atoms. The molecule has 0 aromatic carbocycles. The molecule has 2 atom stereocenters. The molecule has 1 amide bonds. The first-order valence-corrected chi connectivity index (χ1v) is 6.56. The van der Waals surface area contributed by atoms with Gasteiger partial charge in [-0.15, -0.1) is 0 Å². The van der Waals surface area contributed by atoms with Crippen molar-refractivity contribution in [1.82, 2.24) is 10.2 Å². The average Bonchev–Trinajstić information content (AvgIpc) is 2.58. The van der Waals surface area contributed by atoms with E-state index in [1.54, 1.807) is 0 Å². The largest absolute Gasteiger partial charge is 0.325 e. The Bertz CT molecular complexity index is 250. The fourth-order valence-corrected chi connectivity index (χ4v) is 2.55. The number of amides is 1. The van der Waals surface area contributed by atoms with Gasteiger partial charge in [0.15, 0.2) is 0 Å². The Morgan fingerprint density at radius 1 is 1.38 bits per heavy atom. The van der Waals surface area contributed by atoms with E-state index in [2.05, 4.69) is 33.0 Å². The number of rotatable bonds is 5. The minimum absolute atomic E-state index is 0.273. The molecule has 0 aromatic heterocycles. The van der Waals surface area contributed by atoms with E-state index in [1.807, 2.05) is 11.8 Å². The van der Waals surface area contributed by atoms with Crippen molar-refractivity contribution in [3.8, 4) is 0 Å². The van der Waals surface area contributed by atoms with E-state index in [0.717, 1.165) is 19.3 Å². The minimum Gasteiger partial charge on any atom is -0.325 e. The van der Waals surface area contributed by atoms with Crippen molar-refractivity contribution in [2.75, 3.05) is 6.67 Å². The van der Waals surface area contributed by atoms with Crippen LogP contribution in [0.1, 0.15) is 53.9 Å². The van der Waals surface area contributed by atoms with Gasteiger partial charge < -0.3 is 4.90 Å². The lowest BCUT2D eigenvalue weighted by Gasteiger charge is -2.31. The third-order valence-corrected chi connectivity index (χ3v) is 4.30. The predicted molar refractivity (Wildman–Crippen MR) is 67.1 cm³/mol. The molecule has 3 nitrogen and oxygen atoms in total. The van der Waals surface area contributed by atoms with Crippen molar-refractivity contribution in [3.05, 3.63) is 0 Å². The molecule has 1 aliphatic heterocycles. The maximum atomic E-state index is 12.3. The van der Waals surface area contributed by atoms with Gasteiger partial charge in [-0.1, -0.05) is 33.6 Å². The molecular weight excluding hydrogens is 200 g/mol. The fourth-order valence-electron chi connectivity index (χ4n) is 2.55. The Balaban J connectivity index is 2.73. The first kappa shape index (κ1) is 13.5. The Morgan fingerprint density at radius 2 is 1.94 bits per heavy atom. The van der Waals surface area contributed by atoms with Crippen LogP contribution in [-0.4, -0.2) is 29.1 Å². The molecule has 16 heavy (non-hydrogen) atoms. The molecule has 0 aliphatic carbocycles. The fraction of sp³-hybridized carbons (Fsp3) is 0.923. The maximum Gasteiger partial charge on any atom is 0.243 e. The van der Waals surface area contributed by atoms with E-state index in [-0.39, 0.29) is 11.4 Å². The van der Waals surface area contributed by atoms with Gasteiger partial charge in [-0.05, 0) is 26.2 Å². The highest BCUT2D eigenvalue weighted by Crippen LogP contribution is 2.26. The van der Waals surface area contributed by atoms with Gasteiger partial charge in [-0.2, -0.15) is 0 Å². The van der Waals surface area contributed by atoms with Crippen LogP contribution in [0.4, 0.5) is 0 Å². The second-order valence-electron chi connectivity index (χ2n) is 5.11. The first-order chi connectivity index (χ1) is 7.50. The Kier molecular flexibility index (Phi) is 4.36. The van der Waals surface area contributed by atoms with Gasteiger partial charge in [-0.25, -0.2) is 0 Å². The molecule has 0 aromatic rings. The van der Waals surface area contributed by atoms with Crippen LogP contribution >= 0.6 is 0 Å². The standard InChI is InChI=1S/C13H26N2O/c1-6-11(7-2)10(4)15-9-14-13(5,8-3)12(15)16/h10-11,14H,6-9H2,1-5H3. The van der Waals surface area contributed by atoms with Gasteiger partial charge in [0.05, 0.1) is 12.2 Å². The van der Waals surface area contributed by atoms with Crippen LogP contribution in [0, 0.1) is 5.92 Å². The van der Waals surface area contributed by atoms with E-state index >= 15 is 0 Å². The molecular formula is C13H26N2O. The van der Waals surface area contributed by atoms with Crippen LogP contribution in [0.5, 0.6) is 0 Å². The maximum absolute atomic E-state index is 12.3. The number of hydrogen-bond acceptors (Lipinski definition) is 2. The average molecular weight is 226 g/mol. The van der Waals surface area contributed by atoms with Crippen molar-refractivity contribution < 1.29 is 4.79 Å². The highest BCUT2D eigenvalue weighted by molar-refractivity contribution is 5.88. The summed E-state index contributed by atoms with van der Waals surface area (Å²) in [5.74, 6) is 0.888. The monoisotopic (exact) mass is 226 g/mol. The van der Waals surface area contributed by atoms with Crippen LogP contribution in [0.3, 0.4) is 0 Å². The van der Waals surface area contributed by atoms with Crippen LogP contribution in [0.15, 0.2) is 0 Å². The van der Waals surface area contributed by atoms with E-state index < -0.39 is 0 Å². The zero-order chi connectivity index (χ0) is 12.3. The van der Waals surface area contributed by atoms with Crippen molar-refractivity contribution in [1.29, 1.82) is 0 Å². The van der Waals surface area contributed by atoms with Gasteiger partial charge in [0, 0.05) is 6.04 Å². The van der Waals surface area contributed by atoms with Gasteiger partial charge >= 0.3 is 0 Å². The molecule has 1 N–H and O–H groups in total. The van der Waals surface area contributed by atoms with E-state index in [4.69, 9.17) is 0 Å². The molecule has 0 saturated carbocycles. The minimum atomic E-state index is -0.333. The summed E-state index contributed by atoms with van der Waals surface area (Å²) in [5.41, 5.74) is -0.333. The van der Waals surface area contributed by atoms with Crippen LogP contribution in [0.25, 0.3) is 0 Å². The van der Waals surface area contributed by atoms with Crippen molar-refractivity contribution in [2.24, 2.45) is 5.92 Å². The number of carbonyl (C=O) groups is 1. The van der Waals surface area contributed by atoms with Gasteiger partial charge in [0.25, 0.3) is 0 Å². The number of nitrogens with one attached hydrogen (secondary N) is 1. The lowest BCUT2D eigenvalue weighted by Crippen LogP contribution is -2.45. The predicted octanol–water partition coefficient (Wildman–Crippen LogP) is 2.37. The molecule has 0 bridgehead atoms. The zero-order valence-electron chi connectivity index (χ0n) is 11.3. The summed E-state index contributed by atoms with van der Waals surface area (Å²) in [6.45, 7) is 11.4. The second kappa shape index (κ2) is 5.17. The summed E-state index contributed by atoms with van der Waals surface area (Å²) < 4.78 is 0. The summed E-state index contributed by atoms with van der Waals surface area (Å²) in [6, 6.07) is 0.350. The summed E-state index contributed by atoms with van der Waals surface area (Å²) in [7, 11) is 0. The molecule has 1 fully saturated rings. The molecule has 0 radical (unpaired) electrons. The second-order valence-corrected chi connectivity index (χ2v) is 5.11. The van der Waals surface area contributed by atoms with Crippen LogP contribution in [-0.2, 0) is 4.79 Å². The molecule has 2 unspecified atom stereocenters. The first-order valence-electron chi connectivity index (χ1n) is 6.56. The van der Waals surface area contributed by atoms with Crippen molar-refractivity contribution >= 4 is 5.91 Å². The lowest BCUT2D eigenvalue weighted by molar-refractivity contribution is -0.134. The van der Waals surface area contributed by atoms with E-state index in [0.29, 0.717) is 18.6 Å². The van der Waals surface area contributed by atoms with Crippen LogP contribution < -0.4 is 5.32 Å². The quantitative estimate of drug-likeness (QED) is 0.780. The van der Waals surface area contributed by atoms with E-state index in [9.17, 15) is 4.79 Å². The Hall–Kier alpha value is -0.570. The highest BCUT2D eigenvalue weighted by Gasteiger charge is 2.43. The molecule has 3 heteroatoms. The number of carbonyl (C=O) groups excluding carboxylic acids is 1. The van der Waals surface area contributed by atoms with E-state index in [1.165, 1.54) is 0 Å². The Morgan fingerprint density at radius 3 is 2.31 bits per heavy atom. The lowest BCUT2D eigenvalue weighted by atomic mass is 9.93. The topological polar surface area (TPSA) is 32.3 Å². The van der Waals surface area contributed by atoms with Crippen molar-refractivity contribution in [3.63, 3.8) is 0 Å². The highest BCUT2D eigenvalue weighted by atomic mass is 16.2. The van der Waals surface area contributed by atoms with Gasteiger partial charge in [0.1, 0.15) is 0 Å². The molecule has 94 valence electrons. The number of nitrogens with zero attached hydrogens (tertiary/aromatic N) is 1. The molecule has 1 saturated heterocycles. The SMILES string of the molecule is CCC(CC)C(C)N1CNC(C)(CC)C1=O. The number of hydrogen-bond donors (Lipinski definition) is 1. The summed E-state index contributed by atoms with van der Waals surface area (Å²) in [4.78, 5) is 14.3. The summed E-state index contributed by atoms with van der Waals surface area (Å²) in [6.07, 6.45) is 3.15. The Labute approximate surface area is 99.6 Å². The summed E-state index contributed by atoms with van der Waals surface area (Å²) >= 11 is 0. The molecule has 1 aliphatic rings. The van der Waals surface area contributed by atoms with Gasteiger partial charge in [0.2, 0.25) is 5.91 Å². The summed E-state index contributed by atoms with van der Waals surface area (Å²) in [5, 5.41) is 3.34.